The summed E-state index contributed by atoms with van der Waals surface area (Å²) in [6.45, 7) is 1.74. The molecule has 0 unspecified atom stereocenters. The highest BCUT2D eigenvalue weighted by atomic mass is 32.1. The number of anilines is 1. The Morgan fingerprint density at radius 1 is 1.39 bits per heavy atom. The molecule has 0 radical (unpaired) electrons. The number of nitrogens with one attached hydrogen (secondary N) is 1. The topological polar surface area (TPSA) is 68.0 Å². The summed E-state index contributed by atoms with van der Waals surface area (Å²) >= 11 is 1.55. The molecule has 3 aromatic rings. The SMILES string of the molecule is Cc1cc(F)ccc1NC(=O)CCc1nc(-c2ccsc2)no1. The number of halogens is 1. The number of aryl methyl sites for hydroxylation is 2. The minimum Gasteiger partial charge on any atom is -0.339 e. The number of nitrogens with zero attached hydrogens (tertiary/aromatic N) is 2. The molecule has 7 heteroatoms. The van der Waals surface area contributed by atoms with Gasteiger partial charge in [-0.3, -0.25) is 4.79 Å². The van der Waals surface area contributed by atoms with Gasteiger partial charge in [0, 0.05) is 29.5 Å². The lowest BCUT2D eigenvalue weighted by Gasteiger charge is -2.07. The Labute approximate surface area is 136 Å². The summed E-state index contributed by atoms with van der Waals surface area (Å²) in [5.41, 5.74) is 2.17. The van der Waals surface area contributed by atoms with Gasteiger partial charge in [-0.05, 0) is 42.1 Å². The van der Waals surface area contributed by atoms with Crippen LogP contribution in [0.4, 0.5) is 10.1 Å². The van der Waals surface area contributed by atoms with Gasteiger partial charge >= 0.3 is 0 Å². The molecule has 0 atom stereocenters. The number of rotatable bonds is 5. The summed E-state index contributed by atoms with van der Waals surface area (Å²) < 4.78 is 18.2. The zero-order valence-electron chi connectivity index (χ0n) is 12.4. The van der Waals surface area contributed by atoms with Gasteiger partial charge in [0.2, 0.25) is 17.6 Å². The molecular weight excluding hydrogens is 317 g/mol. The van der Waals surface area contributed by atoms with Crippen molar-refractivity contribution in [3.63, 3.8) is 0 Å². The zero-order valence-corrected chi connectivity index (χ0v) is 13.2. The van der Waals surface area contributed by atoms with Crippen LogP contribution in [-0.2, 0) is 11.2 Å². The maximum absolute atomic E-state index is 13.0. The highest BCUT2D eigenvalue weighted by Crippen LogP contribution is 2.19. The van der Waals surface area contributed by atoms with Crippen LogP contribution in [-0.4, -0.2) is 16.0 Å². The number of aromatic nitrogens is 2. The van der Waals surface area contributed by atoms with E-state index in [0.29, 0.717) is 29.4 Å². The van der Waals surface area contributed by atoms with E-state index in [9.17, 15) is 9.18 Å². The molecule has 118 valence electrons. The van der Waals surface area contributed by atoms with Gasteiger partial charge < -0.3 is 9.84 Å². The van der Waals surface area contributed by atoms with Crippen LogP contribution in [0.3, 0.4) is 0 Å². The monoisotopic (exact) mass is 331 g/mol. The molecule has 2 aromatic heterocycles. The van der Waals surface area contributed by atoms with E-state index in [4.69, 9.17) is 4.52 Å². The standard InChI is InChI=1S/C16H14FN3O2S/c1-10-8-12(17)2-3-13(10)18-14(21)4-5-15-19-16(20-22-15)11-6-7-23-9-11/h2-3,6-9H,4-5H2,1H3,(H,18,21). The Morgan fingerprint density at radius 2 is 2.26 bits per heavy atom. The normalized spacial score (nSPS) is 10.7. The second-order valence-electron chi connectivity index (χ2n) is 5.03. The summed E-state index contributed by atoms with van der Waals surface area (Å²) in [7, 11) is 0. The van der Waals surface area contributed by atoms with Crippen LogP contribution in [0.25, 0.3) is 11.4 Å². The molecule has 23 heavy (non-hydrogen) atoms. The quantitative estimate of drug-likeness (QED) is 0.772. The van der Waals surface area contributed by atoms with Gasteiger partial charge in [0.15, 0.2) is 0 Å². The highest BCUT2D eigenvalue weighted by Gasteiger charge is 2.11. The first-order valence-corrected chi connectivity index (χ1v) is 7.97. The Morgan fingerprint density at radius 3 is 3.00 bits per heavy atom. The predicted molar refractivity (Wildman–Crippen MR) is 85.7 cm³/mol. The van der Waals surface area contributed by atoms with Crippen molar-refractivity contribution in [2.75, 3.05) is 5.32 Å². The van der Waals surface area contributed by atoms with Crippen molar-refractivity contribution in [3.8, 4) is 11.4 Å². The van der Waals surface area contributed by atoms with Crippen molar-refractivity contribution in [1.29, 1.82) is 0 Å². The second kappa shape index (κ2) is 6.70. The van der Waals surface area contributed by atoms with Gasteiger partial charge in [0.05, 0.1) is 0 Å². The summed E-state index contributed by atoms with van der Waals surface area (Å²) in [6.07, 6.45) is 0.561. The third-order valence-corrected chi connectivity index (χ3v) is 3.96. The van der Waals surface area contributed by atoms with Crippen LogP contribution in [0.1, 0.15) is 17.9 Å². The lowest BCUT2D eigenvalue weighted by atomic mass is 10.2. The van der Waals surface area contributed by atoms with Crippen molar-refractivity contribution < 1.29 is 13.7 Å². The second-order valence-corrected chi connectivity index (χ2v) is 5.81. The zero-order chi connectivity index (χ0) is 16.2. The number of hydrogen-bond donors (Lipinski definition) is 1. The lowest BCUT2D eigenvalue weighted by Crippen LogP contribution is -2.13. The van der Waals surface area contributed by atoms with Gasteiger partial charge in [-0.15, -0.1) is 0 Å². The fourth-order valence-corrected chi connectivity index (χ4v) is 2.70. The molecule has 1 amide bonds. The molecule has 0 aliphatic rings. The smallest absolute Gasteiger partial charge is 0.227 e. The fourth-order valence-electron chi connectivity index (χ4n) is 2.07. The minimum atomic E-state index is -0.327. The van der Waals surface area contributed by atoms with Crippen LogP contribution < -0.4 is 5.32 Å². The predicted octanol–water partition coefficient (Wildman–Crippen LogP) is 3.82. The van der Waals surface area contributed by atoms with Crippen LogP contribution in [0.5, 0.6) is 0 Å². The molecule has 0 saturated heterocycles. The molecule has 2 heterocycles. The maximum Gasteiger partial charge on any atom is 0.227 e. The average molecular weight is 331 g/mol. The van der Waals surface area contributed by atoms with Gasteiger partial charge in [-0.1, -0.05) is 5.16 Å². The van der Waals surface area contributed by atoms with Crippen LogP contribution in [0.2, 0.25) is 0 Å². The summed E-state index contributed by atoms with van der Waals surface area (Å²) in [5, 5.41) is 10.5. The third-order valence-electron chi connectivity index (χ3n) is 3.28. The summed E-state index contributed by atoms with van der Waals surface area (Å²) in [4.78, 5) is 16.2. The number of carbonyl (C=O) groups excluding carboxylic acids is 1. The maximum atomic E-state index is 13.0. The first kappa shape index (κ1) is 15.4. The molecule has 0 aliphatic heterocycles. The molecule has 1 N–H and O–H groups in total. The first-order valence-electron chi connectivity index (χ1n) is 7.03. The van der Waals surface area contributed by atoms with E-state index in [1.54, 1.807) is 24.3 Å². The number of hydrogen-bond acceptors (Lipinski definition) is 5. The molecule has 5 nitrogen and oxygen atoms in total. The fraction of sp³-hybridized carbons (Fsp3) is 0.188. The van der Waals surface area contributed by atoms with Gasteiger partial charge in [0.25, 0.3) is 0 Å². The number of carbonyl (C=O) groups is 1. The molecule has 0 saturated carbocycles. The number of benzene rings is 1. The van der Waals surface area contributed by atoms with Crippen molar-refractivity contribution >= 4 is 22.9 Å². The Kier molecular flexibility index (Phi) is 4.47. The van der Waals surface area contributed by atoms with E-state index in [2.05, 4.69) is 15.5 Å². The highest BCUT2D eigenvalue weighted by molar-refractivity contribution is 7.08. The van der Waals surface area contributed by atoms with Gasteiger partial charge in [0.1, 0.15) is 5.82 Å². The van der Waals surface area contributed by atoms with E-state index >= 15 is 0 Å². The Bertz CT molecular complexity index is 815. The molecule has 0 aliphatic carbocycles. The Hall–Kier alpha value is -2.54. The number of amides is 1. The van der Waals surface area contributed by atoms with Crippen molar-refractivity contribution in [2.24, 2.45) is 0 Å². The minimum absolute atomic E-state index is 0.185. The van der Waals surface area contributed by atoms with Crippen molar-refractivity contribution in [1.82, 2.24) is 10.1 Å². The summed E-state index contributed by atoms with van der Waals surface area (Å²) in [5.74, 6) is 0.426. The van der Waals surface area contributed by atoms with Crippen LogP contribution in [0.15, 0.2) is 39.5 Å². The number of thiophene rings is 1. The van der Waals surface area contributed by atoms with Crippen molar-refractivity contribution in [3.05, 3.63) is 52.3 Å². The van der Waals surface area contributed by atoms with Gasteiger partial charge in [-0.2, -0.15) is 16.3 Å². The van der Waals surface area contributed by atoms with E-state index in [1.807, 2.05) is 16.8 Å². The largest absolute Gasteiger partial charge is 0.339 e. The molecular formula is C16H14FN3O2S. The Balaban J connectivity index is 1.57. The van der Waals surface area contributed by atoms with Gasteiger partial charge in [-0.25, -0.2) is 4.39 Å². The van der Waals surface area contributed by atoms with E-state index < -0.39 is 0 Å². The molecule has 0 spiro atoms. The van der Waals surface area contributed by atoms with E-state index in [0.717, 1.165) is 5.56 Å². The average Bonchev–Trinajstić information content (AvgIpc) is 3.18. The summed E-state index contributed by atoms with van der Waals surface area (Å²) in [6, 6.07) is 6.14. The van der Waals surface area contributed by atoms with Crippen LogP contribution in [0, 0.1) is 12.7 Å². The lowest BCUT2D eigenvalue weighted by molar-refractivity contribution is -0.116. The molecule has 0 bridgehead atoms. The molecule has 0 fully saturated rings. The molecule has 1 aromatic carbocycles. The van der Waals surface area contributed by atoms with Crippen molar-refractivity contribution in [2.45, 2.75) is 19.8 Å². The molecule has 3 rings (SSSR count). The van der Waals surface area contributed by atoms with Crippen LogP contribution >= 0.6 is 11.3 Å². The third kappa shape index (κ3) is 3.81. The van der Waals surface area contributed by atoms with E-state index in [-0.39, 0.29) is 18.1 Å². The van der Waals surface area contributed by atoms with E-state index in [1.165, 1.54) is 12.1 Å². The first-order chi connectivity index (χ1) is 11.1.